The molecule has 0 radical (unpaired) electrons. The van der Waals surface area contributed by atoms with Crippen LogP contribution in [0.15, 0.2) is 18.2 Å². The molecule has 90 valence electrons. The second kappa shape index (κ2) is 4.55. The minimum atomic E-state index is -0.329. The van der Waals surface area contributed by atoms with E-state index >= 15 is 0 Å². The van der Waals surface area contributed by atoms with Crippen LogP contribution in [0.2, 0.25) is 0 Å². The Morgan fingerprint density at radius 1 is 1.47 bits per heavy atom. The van der Waals surface area contributed by atoms with Gasteiger partial charge in [0.1, 0.15) is 17.4 Å². The van der Waals surface area contributed by atoms with Crippen LogP contribution in [0.5, 0.6) is 5.75 Å². The Hall–Kier alpha value is -1.88. The van der Waals surface area contributed by atoms with Gasteiger partial charge in [-0.15, -0.1) is 0 Å². The summed E-state index contributed by atoms with van der Waals surface area (Å²) in [5.41, 5.74) is 7.64. The number of nitrogens with two attached hydrogens (primary N) is 1. The normalized spacial score (nSPS) is 10.6. The molecule has 0 unspecified atom stereocenters. The molecule has 0 atom stereocenters. The number of methoxy groups -OCH3 is 1. The monoisotopic (exact) mass is 235 g/mol. The molecule has 0 saturated carbocycles. The van der Waals surface area contributed by atoms with Crippen molar-refractivity contribution >= 4 is 0 Å². The van der Waals surface area contributed by atoms with E-state index in [2.05, 4.69) is 9.97 Å². The average Bonchev–Trinajstić information content (AvgIpc) is 2.70. The zero-order valence-electron chi connectivity index (χ0n) is 9.75. The smallest absolute Gasteiger partial charge is 0.128 e. The summed E-state index contributed by atoms with van der Waals surface area (Å²) in [6.07, 6.45) is 0. The van der Waals surface area contributed by atoms with Crippen molar-refractivity contribution in [3.8, 4) is 17.0 Å². The van der Waals surface area contributed by atoms with Crippen molar-refractivity contribution in [1.29, 1.82) is 0 Å². The van der Waals surface area contributed by atoms with Gasteiger partial charge < -0.3 is 15.5 Å². The molecular weight excluding hydrogens is 221 g/mol. The summed E-state index contributed by atoms with van der Waals surface area (Å²) in [5, 5.41) is 0. The number of hydrogen-bond donors (Lipinski definition) is 2. The number of nitrogens with one attached hydrogen (secondary N) is 1. The summed E-state index contributed by atoms with van der Waals surface area (Å²) in [4.78, 5) is 7.37. The molecular formula is C12H14FN3O. The number of aromatic amines is 1. The zero-order valence-corrected chi connectivity index (χ0v) is 9.75. The van der Waals surface area contributed by atoms with Crippen LogP contribution < -0.4 is 10.5 Å². The molecule has 0 saturated heterocycles. The fraction of sp³-hybridized carbons (Fsp3) is 0.250. The van der Waals surface area contributed by atoms with Gasteiger partial charge in [0.15, 0.2) is 0 Å². The molecule has 17 heavy (non-hydrogen) atoms. The number of imidazole rings is 1. The van der Waals surface area contributed by atoms with Crippen LogP contribution in [-0.2, 0) is 6.54 Å². The van der Waals surface area contributed by atoms with Crippen molar-refractivity contribution in [1.82, 2.24) is 9.97 Å². The molecule has 2 aromatic rings. The first kappa shape index (κ1) is 11.6. The fourth-order valence-corrected chi connectivity index (χ4v) is 1.78. The predicted molar refractivity (Wildman–Crippen MR) is 63.2 cm³/mol. The topological polar surface area (TPSA) is 63.9 Å². The van der Waals surface area contributed by atoms with Crippen LogP contribution in [0.25, 0.3) is 11.3 Å². The quantitative estimate of drug-likeness (QED) is 0.855. The summed E-state index contributed by atoms with van der Waals surface area (Å²) in [7, 11) is 1.54. The lowest BCUT2D eigenvalue weighted by molar-refractivity contribution is 0.415. The fourth-order valence-electron chi connectivity index (χ4n) is 1.78. The lowest BCUT2D eigenvalue weighted by Crippen LogP contribution is -1.99. The van der Waals surface area contributed by atoms with Gasteiger partial charge in [0.05, 0.1) is 18.5 Å². The molecule has 4 nitrogen and oxygen atoms in total. The molecule has 3 N–H and O–H groups in total. The van der Waals surface area contributed by atoms with Gasteiger partial charge in [-0.2, -0.15) is 0 Å². The van der Waals surface area contributed by atoms with E-state index in [9.17, 15) is 4.39 Å². The van der Waals surface area contributed by atoms with Gasteiger partial charge in [-0.25, -0.2) is 9.37 Å². The number of benzene rings is 1. The molecule has 0 bridgehead atoms. The minimum absolute atomic E-state index is 0.315. The molecule has 2 rings (SSSR count). The van der Waals surface area contributed by atoms with Crippen molar-refractivity contribution in [2.24, 2.45) is 5.73 Å². The molecule has 1 heterocycles. The van der Waals surface area contributed by atoms with Gasteiger partial charge >= 0.3 is 0 Å². The number of halogens is 1. The number of nitrogens with zero attached hydrogens (tertiary/aromatic N) is 1. The standard InChI is InChI=1S/C12H14FN3O/c1-7-15-10(6-14)12(16-7)9-5-8(13)3-4-11(9)17-2/h3-5H,6,14H2,1-2H3,(H,15,16). The second-order valence-corrected chi connectivity index (χ2v) is 3.70. The van der Waals surface area contributed by atoms with E-state index in [0.717, 1.165) is 11.5 Å². The molecule has 0 aliphatic carbocycles. The van der Waals surface area contributed by atoms with Crippen LogP contribution in [0.1, 0.15) is 11.5 Å². The predicted octanol–water partition coefficient (Wildman–Crippen LogP) is 1.99. The van der Waals surface area contributed by atoms with E-state index in [1.54, 1.807) is 13.2 Å². The van der Waals surface area contributed by atoms with Gasteiger partial charge in [-0.3, -0.25) is 0 Å². The number of ether oxygens (including phenoxy) is 1. The Morgan fingerprint density at radius 2 is 2.24 bits per heavy atom. The third-order valence-corrected chi connectivity index (χ3v) is 2.52. The van der Waals surface area contributed by atoms with Crippen LogP contribution in [0.4, 0.5) is 4.39 Å². The number of H-pyrrole nitrogens is 1. The lowest BCUT2D eigenvalue weighted by atomic mass is 10.1. The average molecular weight is 235 g/mol. The highest BCUT2D eigenvalue weighted by molar-refractivity contribution is 5.69. The van der Waals surface area contributed by atoms with Crippen molar-refractivity contribution in [2.75, 3.05) is 7.11 Å². The van der Waals surface area contributed by atoms with Crippen molar-refractivity contribution in [3.05, 3.63) is 35.5 Å². The lowest BCUT2D eigenvalue weighted by Gasteiger charge is -2.07. The molecule has 0 aliphatic heterocycles. The van der Waals surface area contributed by atoms with Crippen LogP contribution in [0, 0.1) is 12.7 Å². The molecule has 0 spiro atoms. The Morgan fingerprint density at radius 3 is 2.88 bits per heavy atom. The molecule has 1 aromatic carbocycles. The van der Waals surface area contributed by atoms with E-state index in [-0.39, 0.29) is 5.82 Å². The number of rotatable bonds is 3. The first-order valence-corrected chi connectivity index (χ1v) is 5.25. The molecule has 0 fully saturated rings. The highest BCUT2D eigenvalue weighted by atomic mass is 19.1. The third kappa shape index (κ3) is 2.14. The van der Waals surface area contributed by atoms with E-state index in [0.29, 0.717) is 23.6 Å². The number of hydrogen-bond acceptors (Lipinski definition) is 3. The van der Waals surface area contributed by atoms with Crippen molar-refractivity contribution in [2.45, 2.75) is 13.5 Å². The maximum atomic E-state index is 13.3. The second-order valence-electron chi connectivity index (χ2n) is 3.70. The summed E-state index contributed by atoms with van der Waals surface area (Å²) in [6.45, 7) is 2.14. The van der Waals surface area contributed by atoms with E-state index in [1.807, 2.05) is 6.92 Å². The minimum Gasteiger partial charge on any atom is -0.496 e. The van der Waals surface area contributed by atoms with Gasteiger partial charge in [-0.1, -0.05) is 0 Å². The van der Waals surface area contributed by atoms with Crippen molar-refractivity contribution < 1.29 is 9.13 Å². The summed E-state index contributed by atoms with van der Waals surface area (Å²) >= 11 is 0. The Bertz CT molecular complexity index is 537. The highest BCUT2D eigenvalue weighted by Crippen LogP contribution is 2.31. The maximum Gasteiger partial charge on any atom is 0.128 e. The van der Waals surface area contributed by atoms with Gasteiger partial charge in [-0.05, 0) is 25.1 Å². The maximum absolute atomic E-state index is 13.3. The first-order valence-electron chi connectivity index (χ1n) is 5.25. The molecule has 0 aliphatic rings. The van der Waals surface area contributed by atoms with Gasteiger partial charge in [0.2, 0.25) is 0 Å². The third-order valence-electron chi connectivity index (χ3n) is 2.52. The van der Waals surface area contributed by atoms with E-state index < -0.39 is 0 Å². The van der Waals surface area contributed by atoms with Crippen LogP contribution in [-0.4, -0.2) is 17.1 Å². The van der Waals surface area contributed by atoms with E-state index in [4.69, 9.17) is 10.5 Å². The Kier molecular flexibility index (Phi) is 3.10. The zero-order chi connectivity index (χ0) is 12.4. The van der Waals surface area contributed by atoms with Crippen LogP contribution in [0.3, 0.4) is 0 Å². The Balaban J connectivity index is 2.61. The highest BCUT2D eigenvalue weighted by Gasteiger charge is 2.14. The molecule has 5 heteroatoms. The first-order chi connectivity index (χ1) is 8.15. The molecule has 0 amide bonds. The van der Waals surface area contributed by atoms with Gasteiger partial charge in [0.25, 0.3) is 0 Å². The number of aryl methyl sites for hydroxylation is 1. The van der Waals surface area contributed by atoms with Gasteiger partial charge in [0, 0.05) is 12.1 Å². The summed E-state index contributed by atoms with van der Waals surface area (Å²) in [6, 6.07) is 4.33. The van der Waals surface area contributed by atoms with E-state index in [1.165, 1.54) is 12.1 Å². The van der Waals surface area contributed by atoms with Crippen LogP contribution >= 0.6 is 0 Å². The summed E-state index contributed by atoms with van der Waals surface area (Å²) in [5.74, 6) is 0.990. The van der Waals surface area contributed by atoms with Crippen molar-refractivity contribution in [3.63, 3.8) is 0 Å². The number of aromatic nitrogens is 2. The SMILES string of the molecule is COc1ccc(F)cc1-c1nc(C)[nH]c1CN. The Labute approximate surface area is 98.6 Å². The largest absolute Gasteiger partial charge is 0.496 e. The molecule has 1 aromatic heterocycles. The summed E-state index contributed by atoms with van der Waals surface area (Å²) < 4.78 is 18.5.